The van der Waals surface area contributed by atoms with Crippen LogP contribution in [0.25, 0.3) is 10.9 Å². The number of amides is 1. The highest BCUT2D eigenvalue weighted by Gasteiger charge is 2.25. The average molecular weight is 283 g/mol. The number of H-pyrrole nitrogens is 1. The fourth-order valence-corrected chi connectivity index (χ4v) is 3.20. The molecule has 1 aromatic heterocycles. The molecule has 4 heteroatoms. The Kier molecular flexibility index (Phi) is 3.19. The van der Waals surface area contributed by atoms with Gasteiger partial charge in [-0.2, -0.15) is 0 Å². The Bertz CT molecular complexity index is 672. The molecular weight excluding hydrogens is 262 g/mol. The van der Waals surface area contributed by atoms with Crippen LogP contribution in [0.4, 0.5) is 0 Å². The molecule has 0 bridgehead atoms. The lowest BCUT2D eigenvalue weighted by atomic mass is 10.0. The highest BCUT2D eigenvalue weighted by Crippen LogP contribution is 2.28. The van der Waals surface area contributed by atoms with Crippen LogP contribution in [0.15, 0.2) is 24.3 Å². The number of nitrogens with zero attached hydrogens (tertiary/aromatic N) is 1. The maximum absolute atomic E-state index is 12.3. The average Bonchev–Trinajstić information content (AvgIpc) is 3.26. The van der Waals surface area contributed by atoms with Gasteiger partial charge in [-0.25, -0.2) is 0 Å². The van der Waals surface area contributed by atoms with Crippen molar-refractivity contribution >= 4 is 16.8 Å². The quantitative estimate of drug-likeness (QED) is 0.902. The zero-order valence-electron chi connectivity index (χ0n) is 12.2. The van der Waals surface area contributed by atoms with Crippen LogP contribution in [-0.4, -0.2) is 35.4 Å². The molecule has 110 valence electrons. The molecule has 1 saturated carbocycles. The van der Waals surface area contributed by atoms with Gasteiger partial charge in [0.1, 0.15) is 0 Å². The lowest BCUT2D eigenvalue weighted by Gasteiger charge is -2.27. The van der Waals surface area contributed by atoms with Crippen LogP contribution in [0.3, 0.4) is 0 Å². The third-order valence-corrected chi connectivity index (χ3v) is 4.64. The van der Waals surface area contributed by atoms with Gasteiger partial charge in [0.05, 0.1) is 6.54 Å². The first-order valence-corrected chi connectivity index (χ1v) is 7.88. The summed E-state index contributed by atoms with van der Waals surface area (Å²) in [4.78, 5) is 17.8. The summed E-state index contributed by atoms with van der Waals surface area (Å²) >= 11 is 0. The van der Waals surface area contributed by atoms with E-state index in [4.69, 9.17) is 0 Å². The van der Waals surface area contributed by atoms with Gasteiger partial charge in [-0.15, -0.1) is 0 Å². The van der Waals surface area contributed by atoms with E-state index in [0.717, 1.165) is 32.0 Å². The molecule has 2 aromatic rings. The van der Waals surface area contributed by atoms with E-state index in [1.165, 1.54) is 35.0 Å². The van der Waals surface area contributed by atoms with Crippen LogP contribution < -0.4 is 5.32 Å². The van der Waals surface area contributed by atoms with Gasteiger partial charge in [-0.1, -0.05) is 18.2 Å². The lowest BCUT2D eigenvalue weighted by Crippen LogP contribution is -2.41. The second kappa shape index (κ2) is 5.19. The zero-order valence-corrected chi connectivity index (χ0v) is 12.2. The third-order valence-electron chi connectivity index (χ3n) is 4.64. The molecule has 0 atom stereocenters. The van der Waals surface area contributed by atoms with E-state index in [2.05, 4.69) is 34.6 Å². The second-order valence-electron chi connectivity index (χ2n) is 6.27. The SMILES string of the molecule is O=C(CNCC1CC1)N1CCc2[nH]c3ccccc3c2C1. The number of carbonyl (C=O) groups excluding carboxylic acids is 1. The van der Waals surface area contributed by atoms with Crippen molar-refractivity contribution in [2.24, 2.45) is 5.92 Å². The van der Waals surface area contributed by atoms with Crippen LogP contribution in [0, 0.1) is 5.92 Å². The molecule has 1 amide bonds. The van der Waals surface area contributed by atoms with Gasteiger partial charge in [-0.05, 0) is 31.4 Å². The molecule has 1 aliphatic heterocycles. The molecule has 2 aliphatic rings. The van der Waals surface area contributed by atoms with Crippen molar-refractivity contribution in [2.45, 2.75) is 25.8 Å². The summed E-state index contributed by atoms with van der Waals surface area (Å²) in [6.07, 6.45) is 3.57. The third kappa shape index (κ3) is 2.56. The van der Waals surface area contributed by atoms with Gasteiger partial charge in [0.2, 0.25) is 5.91 Å². The predicted octanol–water partition coefficient (Wildman–Crippen LogP) is 2.05. The van der Waals surface area contributed by atoms with E-state index >= 15 is 0 Å². The van der Waals surface area contributed by atoms with E-state index < -0.39 is 0 Å². The van der Waals surface area contributed by atoms with Gasteiger partial charge in [0.25, 0.3) is 0 Å². The van der Waals surface area contributed by atoms with Crippen LogP contribution >= 0.6 is 0 Å². The van der Waals surface area contributed by atoms with Crippen molar-refractivity contribution in [3.05, 3.63) is 35.5 Å². The van der Waals surface area contributed by atoms with Crippen molar-refractivity contribution in [1.82, 2.24) is 15.2 Å². The smallest absolute Gasteiger partial charge is 0.236 e. The largest absolute Gasteiger partial charge is 0.358 e. The molecule has 0 unspecified atom stereocenters. The summed E-state index contributed by atoms with van der Waals surface area (Å²) in [5.74, 6) is 1.05. The van der Waals surface area contributed by atoms with Gasteiger partial charge < -0.3 is 15.2 Å². The molecular formula is C17H21N3O. The van der Waals surface area contributed by atoms with Gasteiger partial charge in [-0.3, -0.25) is 4.79 Å². The molecule has 0 spiro atoms. The van der Waals surface area contributed by atoms with Crippen LogP contribution in [0.1, 0.15) is 24.1 Å². The van der Waals surface area contributed by atoms with Crippen LogP contribution in [0.2, 0.25) is 0 Å². The molecule has 21 heavy (non-hydrogen) atoms. The number of hydrogen-bond donors (Lipinski definition) is 2. The second-order valence-corrected chi connectivity index (χ2v) is 6.27. The number of aromatic amines is 1. The number of fused-ring (bicyclic) bond motifs is 3. The predicted molar refractivity (Wildman–Crippen MR) is 83.0 cm³/mol. The molecule has 2 heterocycles. The van der Waals surface area contributed by atoms with E-state index in [-0.39, 0.29) is 5.91 Å². The number of carbonyl (C=O) groups is 1. The molecule has 4 nitrogen and oxygen atoms in total. The van der Waals surface area contributed by atoms with Crippen LogP contribution in [0.5, 0.6) is 0 Å². The summed E-state index contributed by atoms with van der Waals surface area (Å²) < 4.78 is 0. The van der Waals surface area contributed by atoms with Gasteiger partial charge >= 0.3 is 0 Å². The summed E-state index contributed by atoms with van der Waals surface area (Å²) in [6.45, 7) is 3.04. The highest BCUT2D eigenvalue weighted by molar-refractivity contribution is 5.86. The topological polar surface area (TPSA) is 48.1 Å². The van der Waals surface area contributed by atoms with E-state index in [1.54, 1.807) is 0 Å². The van der Waals surface area contributed by atoms with Crippen molar-refractivity contribution in [1.29, 1.82) is 0 Å². The standard InChI is InChI=1S/C17H21N3O/c21-17(10-18-9-12-5-6-12)20-8-7-16-14(11-20)13-3-1-2-4-15(13)19-16/h1-4,12,18-19H,5-11H2. The lowest BCUT2D eigenvalue weighted by molar-refractivity contribution is -0.131. The Balaban J connectivity index is 1.46. The Morgan fingerprint density at radius 3 is 3.05 bits per heavy atom. The maximum Gasteiger partial charge on any atom is 0.236 e. The summed E-state index contributed by atoms with van der Waals surface area (Å²) in [6, 6.07) is 8.37. The minimum atomic E-state index is 0.228. The molecule has 4 rings (SSSR count). The van der Waals surface area contributed by atoms with Gasteiger partial charge in [0.15, 0.2) is 0 Å². The summed E-state index contributed by atoms with van der Waals surface area (Å²) in [5, 5.41) is 4.56. The number of hydrogen-bond acceptors (Lipinski definition) is 2. The van der Waals surface area contributed by atoms with E-state index in [0.29, 0.717) is 6.54 Å². The van der Waals surface area contributed by atoms with Crippen LogP contribution in [-0.2, 0) is 17.8 Å². The number of rotatable bonds is 4. The Labute approximate surface area is 124 Å². The Morgan fingerprint density at radius 1 is 1.33 bits per heavy atom. The maximum atomic E-state index is 12.3. The normalized spacial score (nSPS) is 18.0. The number of aromatic nitrogens is 1. The summed E-state index contributed by atoms with van der Waals surface area (Å²) in [5.41, 5.74) is 3.78. The zero-order chi connectivity index (χ0) is 14.2. The van der Waals surface area contributed by atoms with Crippen molar-refractivity contribution < 1.29 is 4.79 Å². The number of benzene rings is 1. The first-order chi connectivity index (χ1) is 10.3. The number of nitrogens with one attached hydrogen (secondary N) is 2. The molecule has 2 N–H and O–H groups in total. The fourth-order valence-electron chi connectivity index (χ4n) is 3.20. The first-order valence-electron chi connectivity index (χ1n) is 7.88. The minimum absolute atomic E-state index is 0.228. The molecule has 0 radical (unpaired) electrons. The highest BCUT2D eigenvalue weighted by atomic mass is 16.2. The van der Waals surface area contributed by atoms with Gasteiger partial charge in [0, 0.05) is 41.7 Å². The fraction of sp³-hybridized carbons (Fsp3) is 0.471. The first kappa shape index (κ1) is 12.9. The molecule has 1 aromatic carbocycles. The minimum Gasteiger partial charge on any atom is -0.358 e. The van der Waals surface area contributed by atoms with Crippen molar-refractivity contribution in [3.63, 3.8) is 0 Å². The Hall–Kier alpha value is -1.81. The number of para-hydroxylation sites is 1. The van der Waals surface area contributed by atoms with Crippen molar-refractivity contribution in [2.75, 3.05) is 19.6 Å². The monoisotopic (exact) mass is 283 g/mol. The summed E-state index contributed by atoms with van der Waals surface area (Å²) in [7, 11) is 0. The van der Waals surface area contributed by atoms with E-state index in [1.807, 2.05) is 4.90 Å². The molecule has 1 fully saturated rings. The van der Waals surface area contributed by atoms with Crippen molar-refractivity contribution in [3.8, 4) is 0 Å². The molecule has 1 aliphatic carbocycles. The molecule has 0 saturated heterocycles. The Morgan fingerprint density at radius 2 is 2.19 bits per heavy atom. The van der Waals surface area contributed by atoms with E-state index in [9.17, 15) is 4.79 Å².